The molecule has 9 nitrogen and oxygen atoms in total. The van der Waals surface area contributed by atoms with E-state index in [1.807, 2.05) is 0 Å². The van der Waals surface area contributed by atoms with Crippen molar-refractivity contribution in [1.29, 1.82) is 0 Å². The molecule has 0 amide bonds. The first-order valence-corrected chi connectivity index (χ1v) is 11.5. The van der Waals surface area contributed by atoms with Crippen LogP contribution in [0.5, 0.6) is 5.75 Å². The van der Waals surface area contributed by atoms with Crippen molar-refractivity contribution in [2.45, 2.75) is 39.4 Å². The van der Waals surface area contributed by atoms with E-state index < -0.39 is 11.9 Å². The van der Waals surface area contributed by atoms with Gasteiger partial charge in [-0.05, 0) is 56.5 Å². The summed E-state index contributed by atoms with van der Waals surface area (Å²) in [5.74, 6) is 0.199. The molecule has 1 atom stereocenters. The zero-order chi connectivity index (χ0) is 23.4. The number of anilines is 1. The maximum atomic E-state index is 12.4. The number of nitrogens with two attached hydrogens (primary N) is 1. The van der Waals surface area contributed by atoms with Gasteiger partial charge in [-0.25, -0.2) is 19.6 Å². The monoisotopic (exact) mass is 471 g/mol. The fraction of sp³-hybridized carbons (Fsp3) is 0.391. The number of aromatic nitrogens is 2. The van der Waals surface area contributed by atoms with Crippen LogP contribution in [0.25, 0.3) is 10.2 Å². The number of thiophene rings is 1. The molecule has 0 radical (unpaired) electrons. The third kappa shape index (κ3) is 5.23. The van der Waals surface area contributed by atoms with Crippen molar-refractivity contribution < 1.29 is 28.5 Å². The quantitative estimate of drug-likeness (QED) is 0.490. The molecule has 33 heavy (non-hydrogen) atoms. The molecular formula is C23H25N3O6S. The third-order valence-electron chi connectivity index (χ3n) is 5.21. The van der Waals surface area contributed by atoms with E-state index in [9.17, 15) is 9.59 Å². The van der Waals surface area contributed by atoms with Gasteiger partial charge in [-0.3, -0.25) is 0 Å². The number of carbonyl (C=O) groups excluding carboxylic acids is 2. The van der Waals surface area contributed by atoms with Crippen LogP contribution in [-0.2, 0) is 20.8 Å². The van der Waals surface area contributed by atoms with Crippen LogP contribution in [0.3, 0.4) is 0 Å². The molecule has 2 N–H and O–H groups in total. The summed E-state index contributed by atoms with van der Waals surface area (Å²) < 4.78 is 21.7. The molecule has 0 aliphatic carbocycles. The van der Waals surface area contributed by atoms with E-state index in [0.29, 0.717) is 38.6 Å². The standard InChI is InChI=1S/C23H25N3O6S/c1-3-29-23(28)19-13(2)18-20(24)25-17(26-21(18)33-19)12-32-22(27)14-6-8-15(9-7-14)31-11-16-5-4-10-30-16/h6-9,16H,3-5,10-12H2,1-2H3,(H2,24,25,26). The van der Waals surface area contributed by atoms with E-state index in [1.54, 1.807) is 38.1 Å². The Bertz CT molecular complexity index is 1160. The molecule has 3 aromatic rings. The van der Waals surface area contributed by atoms with E-state index in [4.69, 9.17) is 24.7 Å². The minimum atomic E-state index is -0.516. The minimum Gasteiger partial charge on any atom is -0.491 e. The Morgan fingerprint density at radius 1 is 1.18 bits per heavy atom. The van der Waals surface area contributed by atoms with Crippen LogP contribution in [0.15, 0.2) is 24.3 Å². The number of aryl methyl sites for hydroxylation is 1. The highest BCUT2D eigenvalue weighted by Crippen LogP contribution is 2.33. The highest BCUT2D eigenvalue weighted by molar-refractivity contribution is 7.20. The maximum absolute atomic E-state index is 12.4. The Hall–Kier alpha value is -3.24. The number of carbonyl (C=O) groups is 2. The average molecular weight is 472 g/mol. The Balaban J connectivity index is 1.39. The number of fused-ring (bicyclic) bond motifs is 1. The number of nitrogen functional groups attached to an aromatic ring is 1. The van der Waals surface area contributed by atoms with Gasteiger partial charge in [0, 0.05) is 6.61 Å². The molecule has 1 unspecified atom stereocenters. The first-order chi connectivity index (χ1) is 16.0. The Morgan fingerprint density at radius 3 is 2.67 bits per heavy atom. The van der Waals surface area contributed by atoms with Crippen molar-refractivity contribution in [1.82, 2.24) is 9.97 Å². The molecule has 1 aliphatic heterocycles. The van der Waals surface area contributed by atoms with Crippen LogP contribution < -0.4 is 10.5 Å². The van der Waals surface area contributed by atoms with Crippen molar-refractivity contribution in [3.05, 3.63) is 46.1 Å². The van der Waals surface area contributed by atoms with Crippen LogP contribution in [0.2, 0.25) is 0 Å². The van der Waals surface area contributed by atoms with Crippen LogP contribution >= 0.6 is 11.3 Å². The summed E-state index contributed by atoms with van der Waals surface area (Å²) in [5.41, 5.74) is 7.15. The molecule has 2 aromatic heterocycles. The Labute approximate surface area is 194 Å². The van der Waals surface area contributed by atoms with Gasteiger partial charge in [0.1, 0.15) is 27.9 Å². The lowest BCUT2D eigenvalue weighted by Gasteiger charge is -2.11. The van der Waals surface area contributed by atoms with Crippen LogP contribution in [0, 0.1) is 6.92 Å². The van der Waals surface area contributed by atoms with Gasteiger partial charge in [0.25, 0.3) is 0 Å². The molecule has 0 bridgehead atoms. The number of rotatable bonds is 8. The third-order valence-corrected chi connectivity index (χ3v) is 6.37. The number of hydrogen-bond acceptors (Lipinski definition) is 10. The number of ether oxygens (including phenoxy) is 4. The Morgan fingerprint density at radius 2 is 1.97 bits per heavy atom. The summed E-state index contributed by atoms with van der Waals surface area (Å²) in [4.78, 5) is 34.2. The first kappa shape index (κ1) is 22.9. The number of hydrogen-bond donors (Lipinski definition) is 1. The lowest BCUT2D eigenvalue weighted by atomic mass is 10.2. The van der Waals surface area contributed by atoms with Gasteiger partial charge >= 0.3 is 11.9 Å². The molecule has 4 rings (SSSR count). The summed E-state index contributed by atoms with van der Waals surface area (Å²) >= 11 is 1.18. The second kappa shape index (κ2) is 10.1. The lowest BCUT2D eigenvalue weighted by molar-refractivity contribution is 0.0461. The second-order valence-electron chi connectivity index (χ2n) is 7.53. The van der Waals surface area contributed by atoms with Gasteiger partial charge in [0.15, 0.2) is 12.4 Å². The summed E-state index contributed by atoms with van der Waals surface area (Å²) in [7, 11) is 0. The van der Waals surface area contributed by atoms with Gasteiger partial charge < -0.3 is 24.7 Å². The second-order valence-corrected chi connectivity index (χ2v) is 8.53. The minimum absolute atomic E-state index is 0.125. The summed E-state index contributed by atoms with van der Waals surface area (Å²) in [6.07, 6.45) is 2.18. The molecular weight excluding hydrogens is 446 g/mol. The number of esters is 2. The van der Waals surface area contributed by atoms with Crippen LogP contribution in [0.1, 0.15) is 51.2 Å². The SMILES string of the molecule is CCOC(=O)c1sc2nc(COC(=O)c3ccc(OCC4CCCO4)cc3)nc(N)c2c1C. The molecule has 10 heteroatoms. The summed E-state index contributed by atoms with van der Waals surface area (Å²) in [6, 6.07) is 6.72. The largest absolute Gasteiger partial charge is 0.491 e. The van der Waals surface area contributed by atoms with Crippen LogP contribution in [0.4, 0.5) is 5.82 Å². The Kier molecular flexibility index (Phi) is 7.05. The van der Waals surface area contributed by atoms with Crippen LogP contribution in [-0.4, -0.2) is 47.8 Å². The molecule has 0 spiro atoms. The zero-order valence-electron chi connectivity index (χ0n) is 18.5. The van der Waals surface area contributed by atoms with E-state index in [1.165, 1.54) is 11.3 Å². The van der Waals surface area contributed by atoms with Gasteiger partial charge in [-0.1, -0.05) is 0 Å². The normalized spacial score (nSPS) is 15.5. The van der Waals surface area contributed by atoms with Crippen molar-refractivity contribution in [2.75, 3.05) is 25.6 Å². The van der Waals surface area contributed by atoms with Crippen molar-refractivity contribution in [3.8, 4) is 5.75 Å². The molecule has 174 valence electrons. The lowest BCUT2D eigenvalue weighted by Crippen LogP contribution is -2.16. The smallest absolute Gasteiger partial charge is 0.348 e. The van der Waals surface area contributed by atoms with E-state index in [2.05, 4.69) is 9.97 Å². The first-order valence-electron chi connectivity index (χ1n) is 10.7. The molecule has 1 saturated heterocycles. The molecule has 1 fully saturated rings. The molecule has 0 saturated carbocycles. The van der Waals surface area contributed by atoms with Crippen molar-refractivity contribution in [3.63, 3.8) is 0 Å². The zero-order valence-corrected chi connectivity index (χ0v) is 19.3. The summed E-state index contributed by atoms with van der Waals surface area (Å²) in [5, 5.41) is 0.608. The van der Waals surface area contributed by atoms with E-state index in [0.717, 1.165) is 19.4 Å². The highest BCUT2D eigenvalue weighted by atomic mass is 32.1. The highest BCUT2D eigenvalue weighted by Gasteiger charge is 2.21. The number of nitrogens with zero attached hydrogens (tertiary/aromatic N) is 2. The maximum Gasteiger partial charge on any atom is 0.348 e. The number of benzene rings is 1. The van der Waals surface area contributed by atoms with Crippen molar-refractivity contribution >= 4 is 39.3 Å². The van der Waals surface area contributed by atoms with Gasteiger partial charge in [0.2, 0.25) is 0 Å². The van der Waals surface area contributed by atoms with Gasteiger partial charge in [-0.2, -0.15) is 0 Å². The molecule has 3 heterocycles. The van der Waals surface area contributed by atoms with Gasteiger partial charge in [-0.15, -0.1) is 11.3 Å². The predicted molar refractivity (Wildman–Crippen MR) is 123 cm³/mol. The van der Waals surface area contributed by atoms with E-state index >= 15 is 0 Å². The topological polar surface area (TPSA) is 123 Å². The predicted octanol–water partition coefficient (Wildman–Crippen LogP) is 3.67. The molecule has 1 aliphatic rings. The fourth-order valence-electron chi connectivity index (χ4n) is 3.54. The van der Waals surface area contributed by atoms with E-state index in [-0.39, 0.29) is 31.0 Å². The molecule has 1 aromatic carbocycles. The fourth-order valence-corrected chi connectivity index (χ4v) is 4.64. The van der Waals surface area contributed by atoms with Crippen molar-refractivity contribution in [2.24, 2.45) is 0 Å². The average Bonchev–Trinajstić information content (AvgIpc) is 3.44. The summed E-state index contributed by atoms with van der Waals surface area (Å²) in [6.45, 7) is 4.91. The van der Waals surface area contributed by atoms with Gasteiger partial charge in [0.05, 0.1) is 23.7 Å².